The summed E-state index contributed by atoms with van der Waals surface area (Å²) < 4.78 is 30.9. The lowest BCUT2D eigenvalue weighted by molar-refractivity contribution is -0.139. The summed E-state index contributed by atoms with van der Waals surface area (Å²) in [6, 6.07) is 3.62. The van der Waals surface area contributed by atoms with Crippen molar-refractivity contribution in [1.82, 2.24) is 5.32 Å². The Morgan fingerprint density at radius 1 is 1.12 bits per heavy atom. The fraction of sp³-hybridized carbons (Fsp3) is 0.667. The van der Waals surface area contributed by atoms with Crippen LogP contribution in [0.3, 0.4) is 0 Å². The number of amides is 1. The number of aromatic hydroxyl groups is 1. The minimum atomic E-state index is -3.71. The lowest BCUT2D eigenvalue weighted by Crippen LogP contribution is -2.30. The number of methoxy groups -OCH3 is 1. The molecule has 1 fully saturated rings. The Kier molecular flexibility index (Phi) is 9.13. The quantitative estimate of drug-likeness (QED) is 0.610. The molecular formula is C24H37NO6S. The van der Waals surface area contributed by atoms with Crippen molar-refractivity contribution in [3.05, 3.63) is 23.8 Å². The van der Waals surface area contributed by atoms with Crippen LogP contribution in [-0.4, -0.2) is 44.8 Å². The van der Waals surface area contributed by atoms with Crippen LogP contribution in [0.1, 0.15) is 76.1 Å². The van der Waals surface area contributed by atoms with Crippen molar-refractivity contribution in [3.63, 3.8) is 0 Å². The van der Waals surface area contributed by atoms with Crippen LogP contribution in [0.2, 0.25) is 0 Å². The van der Waals surface area contributed by atoms with Crippen molar-refractivity contribution < 1.29 is 27.9 Å². The van der Waals surface area contributed by atoms with E-state index in [4.69, 9.17) is 0 Å². The van der Waals surface area contributed by atoms with E-state index in [9.17, 15) is 23.1 Å². The number of ether oxygens (including phenoxy) is 1. The third-order valence-corrected chi connectivity index (χ3v) is 8.38. The number of phenolic OH excluding ortho intramolecular Hbond substituents is 1. The zero-order valence-corrected chi connectivity index (χ0v) is 20.5. The molecule has 1 amide bonds. The number of benzene rings is 1. The normalized spacial score (nSPS) is 22.0. The Bertz CT molecular complexity index is 909. The predicted octanol–water partition coefficient (Wildman–Crippen LogP) is 4.09. The highest BCUT2D eigenvalue weighted by Crippen LogP contribution is 2.36. The minimum Gasteiger partial charge on any atom is -0.508 e. The second-order valence-electron chi connectivity index (χ2n) is 9.80. The maximum atomic E-state index is 13.2. The molecule has 1 aliphatic carbocycles. The zero-order chi connectivity index (χ0) is 23.9. The smallest absolute Gasteiger partial charge is 0.325 e. The first kappa shape index (κ1) is 26.2. The van der Waals surface area contributed by atoms with E-state index in [1.54, 1.807) is 0 Å². The Labute approximate surface area is 191 Å². The van der Waals surface area contributed by atoms with E-state index in [1.165, 1.54) is 25.3 Å². The first-order valence-corrected chi connectivity index (χ1v) is 13.0. The monoisotopic (exact) mass is 467 g/mol. The molecule has 0 aliphatic heterocycles. The highest BCUT2D eigenvalue weighted by Gasteiger charge is 2.28. The Morgan fingerprint density at radius 3 is 2.50 bits per heavy atom. The number of hydrogen-bond donors (Lipinski definition) is 2. The first-order chi connectivity index (χ1) is 14.9. The molecule has 180 valence electrons. The number of hydrogen-bond acceptors (Lipinski definition) is 6. The molecule has 2 unspecified atom stereocenters. The van der Waals surface area contributed by atoms with Gasteiger partial charge in [0.05, 0.1) is 17.8 Å². The summed E-state index contributed by atoms with van der Waals surface area (Å²) in [6.07, 6.45) is 7.31. The summed E-state index contributed by atoms with van der Waals surface area (Å²) >= 11 is 0. The van der Waals surface area contributed by atoms with Gasteiger partial charge in [0.15, 0.2) is 9.84 Å². The molecule has 0 heterocycles. The van der Waals surface area contributed by atoms with Crippen molar-refractivity contribution in [2.75, 3.05) is 19.4 Å². The van der Waals surface area contributed by atoms with Gasteiger partial charge in [0.2, 0.25) is 0 Å². The van der Waals surface area contributed by atoms with Crippen LogP contribution in [0, 0.1) is 17.3 Å². The maximum absolute atomic E-state index is 13.2. The van der Waals surface area contributed by atoms with Crippen LogP contribution < -0.4 is 5.32 Å². The number of esters is 1. The summed E-state index contributed by atoms with van der Waals surface area (Å²) in [4.78, 5) is 23.5. The molecule has 7 nitrogen and oxygen atoms in total. The van der Waals surface area contributed by atoms with E-state index >= 15 is 0 Å². The highest BCUT2D eigenvalue weighted by molar-refractivity contribution is 7.91. The minimum absolute atomic E-state index is 0.00969. The highest BCUT2D eigenvalue weighted by atomic mass is 32.2. The summed E-state index contributed by atoms with van der Waals surface area (Å²) in [7, 11) is -2.51. The fourth-order valence-electron chi connectivity index (χ4n) is 4.40. The predicted molar refractivity (Wildman–Crippen MR) is 123 cm³/mol. The van der Waals surface area contributed by atoms with E-state index in [-0.39, 0.29) is 40.3 Å². The molecule has 2 N–H and O–H groups in total. The van der Waals surface area contributed by atoms with Crippen LogP contribution in [0.4, 0.5) is 0 Å². The average Bonchev–Trinajstić information content (AvgIpc) is 2.72. The SMILES string of the molecule is COC(=O)CNC(=O)c1cc(O)cc(S(=O)(=O)CC2CCCCC(C)(C)CCCC2C)c1. The van der Waals surface area contributed by atoms with E-state index in [0.717, 1.165) is 44.9 Å². The molecule has 0 spiro atoms. The summed E-state index contributed by atoms with van der Waals surface area (Å²) in [5, 5.41) is 12.4. The Morgan fingerprint density at radius 2 is 1.81 bits per heavy atom. The molecule has 1 aromatic carbocycles. The molecule has 8 heteroatoms. The second-order valence-corrected chi connectivity index (χ2v) is 11.8. The number of carbonyl (C=O) groups excluding carboxylic acids is 2. The third-order valence-electron chi connectivity index (χ3n) is 6.56. The van der Waals surface area contributed by atoms with Gasteiger partial charge in [0.1, 0.15) is 12.3 Å². The van der Waals surface area contributed by atoms with Gasteiger partial charge in [-0.25, -0.2) is 8.42 Å². The summed E-state index contributed by atoms with van der Waals surface area (Å²) in [5.41, 5.74) is 0.319. The molecule has 1 saturated carbocycles. The van der Waals surface area contributed by atoms with Crippen molar-refractivity contribution >= 4 is 21.7 Å². The van der Waals surface area contributed by atoms with Gasteiger partial charge >= 0.3 is 5.97 Å². The molecule has 1 aromatic rings. The van der Waals surface area contributed by atoms with E-state index in [0.29, 0.717) is 5.41 Å². The Balaban J connectivity index is 2.17. The number of carbonyl (C=O) groups is 2. The van der Waals surface area contributed by atoms with Crippen molar-refractivity contribution in [1.29, 1.82) is 0 Å². The van der Waals surface area contributed by atoms with Crippen LogP contribution in [0.25, 0.3) is 0 Å². The van der Waals surface area contributed by atoms with Gasteiger partial charge in [-0.15, -0.1) is 0 Å². The second kappa shape index (κ2) is 11.2. The lowest BCUT2D eigenvalue weighted by Gasteiger charge is -2.30. The first-order valence-electron chi connectivity index (χ1n) is 11.4. The largest absolute Gasteiger partial charge is 0.508 e. The Hall–Kier alpha value is -2.09. The van der Waals surface area contributed by atoms with E-state index in [2.05, 4.69) is 30.8 Å². The lowest BCUT2D eigenvalue weighted by atomic mass is 9.77. The van der Waals surface area contributed by atoms with Gasteiger partial charge in [-0.2, -0.15) is 0 Å². The topological polar surface area (TPSA) is 110 Å². The van der Waals surface area contributed by atoms with Crippen LogP contribution in [0.5, 0.6) is 5.75 Å². The summed E-state index contributed by atoms with van der Waals surface area (Å²) in [5.74, 6) is -1.30. The molecule has 1 aliphatic rings. The van der Waals surface area contributed by atoms with Crippen molar-refractivity contribution in [3.8, 4) is 5.75 Å². The van der Waals surface area contributed by atoms with Gasteiger partial charge in [0, 0.05) is 5.56 Å². The van der Waals surface area contributed by atoms with Gasteiger partial charge in [-0.3, -0.25) is 9.59 Å². The van der Waals surface area contributed by atoms with Gasteiger partial charge in [-0.1, -0.05) is 46.5 Å². The zero-order valence-electron chi connectivity index (χ0n) is 19.6. The van der Waals surface area contributed by atoms with Crippen LogP contribution in [0.15, 0.2) is 23.1 Å². The van der Waals surface area contributed by atoms with Crippen molar-refractivity contribution in [2.45, 2.75) is 70.6 Å². The number of sulfone groups is 1. The average molecular weight is 468 g/mol. The molecule has 2 rings (SSSR count). The molecule has 0 bridgehead atoms. The fourth-order valence-corrected chi connectivity index (χ4v) is 6.26. The molecule has 0 radical (unpaired) electrons. The summed E-state index contributed by atoms with van der Waals surface area (Å²) in [6.45, 7) is 6.40. The number of nitrogens with one attached hydrogen (secondary N) is 1. The van der Waals surface area contributed by atoms with Gasteiger partial charge < -0.3 is 15.2 Å². The number of rotatable bonds is 6. The van der Waals surface area contributed by atoms with Gasteiger partial charge in [0.25, 0.3) is 5.91 Å². The standard InChI is InChI=1S/C24H37NO6S/c1-17-8-7-11-24(2,3)10-6-5-9-18(17)16-32(29,30)21-13-19(12-20(26)14-21)23(28)25-15-22(27)31-4/h12-14,17-18,26H,5-11,15-16H2,1-4H3,(H,25,28). The van der Waals surface area contributed by atoms with E-state index < -0.39 is 21.7 Å². The number of phenols is 1. The third kappa shape index (κ3) is 7.80. The molecule has 0 saturated heterocycles. The van der Waals surface area contributed by atoms with Gasteiger partial charge in [-0.05, 0) is 54.7 Å². The maximum Gasteiger partial charge on any atom is 0.325 e. The molecule has 2 atom stereocenters. The van der Waals surface area contributed by atoms with Crippen molar-refractivity contribution in [2.24, 2.45) is 17.3 Å². The molecule has 0 aromatic heterocycles. The van der Waals surface area contributed by atoms with Crippen LogP contribution in [-0.2, 0) is 19.4 Å². The molecular weight excluding hydrogens is 430 g/mol. The van der Waals surface area contributed by atoms with E-state index in [1.807, 2.05) is 0 Å². The molecule has 32 heavy (non-hydrogen) atoms. The van der Waals surface area contributed by atoms with Crippen LogP contribution >= 0.6 is 0 Å².